The molecular formula is C16H36O3Si. The predicted octanol–water partition coefficient (Wildman–Crippen LogP) is 4.90. The van der Waals surface area contributed by atoms with Crippen molar-refractivity contribution in [3.8, 4) is 0 Å². The number of unbranched alkanes of at least 4 members (excludes halogenated alkanes) is 8. The van der Waals surface area contributed by atoms with Crippen LogP contribution < -0.4 is 0 Å². The van der Waals surface area contributed by atoms with Gasteiger partial charge in [0, 0.05) is 13.7 Å². The van der Waals surface area contributed by atoms with Gasteiger partial charge in [0.15, 0.2) is 0 Å². The first-order valence-corrected chi connectivity index (χ1v) is 11.2. The van der Waals surface area contributed by atoms with Gasteiger partial charge in [0.05, 0.1) is 13.2 Å². The molecule has 0 radical (unpaired) electrons. The lowest BCUT2D eigenvalue weighted by molar-refractivity contribution is 0.112. The number of hydrogen-bond donors (Lipinski definition) is 0. The fourth-order valence-electron chi connectivity index (χ4n) is 2.14. The second-order valence-corrected chi connectivity index (χ2v) is 9.29. The van der Waals surface area contributed by atoms with Crippen LogP contribution in [-0.2, 0) is 13.6 Å². The van der Waals surface area contributed by atoms with Crippen molar-refractivity contribution in [2.45, 2.75) is 77.8 Å². The van der Waals surface area contributed by atoms with Gasteiger partial charge in [0.25, 0.3) is 0 Å². The maximum absolute atomic E-state index is 5.90. The highest BCUT2D eigenvalue weighted by molar-refractivity contribution is 6.64. The monoisotopic (exact) mass is 304 g/mol. The second kappa shape index (κ2) is 14.1. The molecule has 0 spiro atoms. The molecule has 0 aliphatic rings. The van der Waals surface area contributed by atoms with Gasteiger partial charge in [-0.25, -0.2) is 0 Å². The third kappa shape index (κ3) is 14.5. The van der Waals surface area contributed by atoms with E-state index in [1.54, 1.807) is 7.11 Å². The SMILES string of the molecule is CCCCCCCCCCCO[Si](C)(C)OCCOC. The Morgan fingerprint density at radius 2 is 1.15 bits per heavy atom. The van der Waals surface area contributed by atoms with Gasteiger partial charge in [-0.2, -0.15) is 0 Å². The van der Waals surface area contributed by atoms with Crippen molar-refractivity contribution in [3.63, 3.8) is 0 Å². The van der Waals surface area contributed by atoms with Crippen molar-refractivity contribution in [1.82, 2.24) is 0 Å². The van der Waals surface area contributed by atoms with E-state index in [9.17, 15) is 0 Å². The smallest absolute Gasteiger partial charge is 0.331 e. The first-order chi connectivity index (χ1) is 9.62. The molecule has 3 nitrogen and oxygen atoms in total. The molecule has 0 amide bonds. The van der Waals surface area contributed by atoms with Crippen LogP contribution in [0, 0.1) is 0 Å². The van der Waals surface area contributed by atoms with Gasteiger partial charge in [-0.15, -0.1) is 0 Å². The van der Waals surface area contributed by atoms with Crippen molar-refractivity contribution in [1.29, 1.82) is 0 Å². The number of ether oxygens (including phenoxy) is 1. The van der Waals surface area contributed by atoms with E-state index in [0.717, 1.165) is 6.61 Å². The van der Waals surface area contributed by atoms with Gasteiger partial charge in [-0.1, -0.05) is 58.3 Å². The van der Waals surface area contributed by atoms with Crippen LogP contribution in [0.15, 0.2) is 0 Å². The third-order valence-electron chi connectivity index (χ3n) is 3.43. The predicted molar refractivity (Wildman–Crippen MR) is 88.5 cm³/mol. The minimum atomic E-state index is -1.91. The van der Waals surface area contributed by atoms with E-state index < -0.39 is 8.56 Å². The number of hydrogen-bond acceptors (Lipinski definition) is 3. The molecule has 0 fully saturated rings. The summed E-state index contributed by atoms with van der Waals surface area (Å²) < 4.78 is 16.6. The summed E-state index contributed by atoms with van der Waals surface area (Å²) in [6.45, 7) is 8.63. The van der Waals surface area contributed by atoms with Crippen molar-refractivity contribution >= 4 is 8.56 Å². The van der Waals surface area contributed by atoms with E-state index in [0.29, 0.717) is 13.2 Å². The molecule has 0 N–H and O–H groups in total. The lowest BCUT2D eigenvalue weighted by Crippen LogP contribution is -2.36. The average molecular weight is 305 g/mol. The topological polar surface area (TPSA) is 27.7 Å². The number of rotatable bonds is 15. The average Bonchev–Trinajstić information content (AvgIpc) is 2.41. The Balaban J connectivity index is 3.25. The van der Waals surface area contributed by atoms with E-state index in [1.165, 1.54) is 57.8 Å². The van der Waals surface area contributed by atoms with Crippen LogP contribution in [0.1, 0.15) is 64.7 Å². The summed E-state index contributed by atoms with van der Waals surface area (Å²) in [4.78, 5) is 0. The zero-order valence-electron chi connectivity index (χ0n) is 14.2. The van der Waals surface area contributed by atoms with Crippen molar-refractivity contribution in [2.24, 2.45) is 0 Å². The summed E-state index contributed by atoms with van der Waals surface area (Å²) in [5.74, 6) is 0. The molecule has 0 heterocycles. The largest absolute Gasteiger partial charge is 0.395 e. The van der Waals surface area contributed by atoms with E-state index in [1.807, 2.05) is 0 Å². The Labute approximate surface area is 127 Å². The van der Waals surface area contributed by atoms with Gasteiger partial charge >= 0.3 is 8.56 Å². The van der Waals surface area contributed by atoms with Crippen LogP contribution >= 0.6 is 0 Å². The molecule has 0 unspecified atom stereocenters. The molecule has 0 saturated carbocycles. The molecule has 0 aromatic carbocycles. The zero-order chi connectivity index (χ0) is 15.1. The Morgan fingerprint density at radius 1 is 0.650 bits per heavy atom. The zero-order valence-corrected chi connectivity index (χ0v) is 15.2. The molecule has 122 valence electrons. The lowest BCUT2D eigenvalue weighted by atomic mass is 10.1. The molecule has 0 aliphatic heterocycles. The van der Waals surface area contributed by atoms with E-state index in [-0.39, 0.29) is 0 Å². The first kappa shape index (κ1) is 20.1. The molecule has 20 heavy (non-hydrogen) atoms. The quantitative estimate of drug-likeness (QED) is 0.318. The van der Waals surface area contributed by atoms with Crippen LogP contribution in [0.3, 0.4) is 0 Å². The Kier molecular flexibility index (Phi) is 14.1. The third-order valence-corrected chi connectivity index (χ3v) is 5.23. The maximum Gasteiger partial charge on any atom is 0.331 e. The summed E-state index contributed by atoms with van der Waals surface area (Å²) in [5, 5.41) is 0. The molecular weight excluding hydrogens is 268 g/mol. The van der Waals surface area contributed by atoms with E-state index in [4.69, 9.17) is 13.6 Å². The molecule has 0 aromatic heterocycles. The maximum atomic E-state index is 5.90. The second-order valence-electron chi connectivity index (χ2n) is 5.92. The summed E-state index contributed by atoms with van der Waals surface area (Å²) in [7, 11) is -0.215. The van der Waals surface area contributed by atoms with Crippen LogP contribution in [-0.4, -0.2) is 35.5 Å². The highest BCUT2D eigenvalue weighted by Crippen LogP contribution is 2.11. The molecule has 0 atom stereocenters. The Morgan fingerprint density at radius 3 is 1.70 bits per heavy atom. The van der Waals surface area contributed by atoms with Crippen LogP contribution in [0.25, 0.3) is 0 Å². The molecule has 0 saturated heterocycles. The summed E-state index contributed by atoms with van der Waals surface area (Å²) in [6.07, 6.45) is 12.2. The van der Waals surface area contributed by atoms with Crippen LogP contribution in [0.4, 0.5) is 0 Å². The van der Waals surface area contributed by atoms with Crippen molar-refractivity contribution in [2.75, 3.05) is 26.9 Å². The fourth-order valence-corrected chi connectivity index (χ4v) is 3.44. The van der Waals surface area contributed by atoms with Crippen LogP contribution in [0.5, 0.6) is 0 Å². The highest BCUT2D eigenvalue weighted by atomic mass is 28.4. The van der Waals surface area contributed by atoms with Crippen LogP contribution in [0.2, 0.25) is 13.1 Å². The number of methoxy groups -OCH3 is 1. The minimum Gasteiger partial charge on any atom is -0.395 e. The van der Waals surface area contributed by atoms with E-state index >= 15 is 0 Å². The Bertz CT molecular complexity index is 198. The van der Waals surface area contributed by atoms with Gasteiger partial charge in [0.1, 0.15) is 0 Å². The van der Waals surface area contributed by atoms with Crippen molar-refractivity contribution in [3.05, 3.63) is 0 Å². The first-order valence-electron chi connectivity index (χ1n) is 8.39. The summed E-state index contributed by atoms with van der Waals surface area (Å²) in [5.41, 5.74) is 0. The molecule has 0 rings (SSSR count). The standard InChI is InChI=1S/C16H36O3Si/c1-5-6-7-8-9-10-11-12-13-14-18-20(3,4)19-16-15-17-2/h5-16H2,1-4H3. The van der Waals surface area contributed by atoms with Gasteiger partial charge in [-0.05, 0) is 19.5 Å². The Hall–Kier alpha value is 0.0969. The normalized spacial score (nSPS) is 12.0. The van der Waals surface area contributed by atoms with Gasteiger partial charge in [0.2, 0.25) is 0 Å². The summed E-state index contributed by atoms with van der Waals surface area (Å²) in [6, 6.07) is 0. The minimum absolute atomic E-state index is 0.646. The molecule has 4 heteroatoms. The molecule has 0 aliphatic carbocycles. The van der Waals surface area contributed by atoms with Gasteiger partial charge in [-0.3, -0.25) is 0 Å². The fraction of sp³-hybridized carbons (Fsp3) is 1.00. The van der Waals surface area contributed by atoms with E-state index in [2.05, 4.69) is 20.0 Å². The summed E-state index contributed by atoms with van der Waals surface area (Å²) >= 11 is 0. The highest BCUT2D eigenvalue weighted by Gasteiger charge is 2.23. The molecule has 0 bridgehead atoms. The van der Waals surface area contributed by atoms with Crippen molar-refractivity contribution < 1.29 is 13.6 Å². The lowest BCUT2D eigenvalue weighted by Gasteiger charge is -2.22. The van der Waals surface area contributed by atoms with Gasteiger partial charge < -0.3 is 13.6 Å². The molecule has 0 aromatic rings.